The van der Waals surface area contributed by atoms with Gasteiger partial charge in [0.05, 0.1) is 6.10 Å². The van der Waals surface area contributed by atoms with Gasteiger partial charge < -0.3 is 10.4 Å². The maximum absolute atomic E-state index is 12.4. The van der Waals surface area contributed by atoms with E-state index in [1.807, 2.05) is 6.92 Å². The molecule has 102 valence electrons. The highest BCUT2D eigenvalue weighted by molar-refractivity contribution is 6.28. The van der Waals surface area contributed by atoms with E-state index in [9.17, 15) is 18.3 Å². The Hall–Kier alpha value is -1.08. The summed E-state index contributed by atoms with van der Waals surface area (Å²) in [6, 6.07) is 0.782. The molecule has 2 N–H and O–H groups in total. The normalized spacial score (nSPS) is 13.4. The number of aliphatic hydroxyl groups is 1. The predicted octanol–water partition coefficient (Wildman–Crippen LogP) is 2.72. The minimum Gasteiger partial charge on any atom is -0.393 e. The fourth-order valence-corrected chi connectivity index (χ4v) is 1.41. The summed E-state index contributed by atoms with van der Waals surface area (Å²) in [5.41, 5.74) is -1.10. The minimum absolute atomic E-state index is 0.00868. The van der Waals surface area contributed by atoms with Crippen molar-refractivity contribution >= 4 is 17.4 Å². The second-order valence-electron chi connectivity index (χ2n) is 3.68. The van der Waals surface area contributed by atoms with Crippen LogP contribution in [0.15, 0.2) is 6.07 Å². The molecule has 1 aromatic rings. The quantitative estimate of drug-likeness (QED) is 0.816. The smallest absolute Gasteiger partial charge is 0.393 e. The van der Waals surface area contributed by atoms with Crippen molar-refractivity contribution in [3.63, 3.8) is 0 Å². The van der Waals surface area contributed by atoms with Gasteiger partial charge in [-0.25, -0.2) is 9.97 Å². The molecule has 1 aromatic heterocycles. The zero-order valence-electron chi connectivity index (χ0n) is 9.63. The van der Waals surface area contributed by atoms with Gasteiger partial charge in [0.15, 0.2) is 5.69 Å². The van der Waals surface area contributed by atoms with Crippen LogP contribution in [0.1, 0.15) is 25.5 Å². The molecule has 1 unspecified atom stereocenters. The third kappa shape index (κ3) is 4.66. The summed E-state index contributed by atoms with van der Waals surface area (Å²) in [6.07, 6.45) is -4.05. The van der Waals surface area contributed by atoms with Crippen LogP contribution in [0.5, 0.6) is 0 Å². The second kappa shape index (κ2) is 6.19. The van der Waals surface area contributed by atoms with Gasteiger partial charge >= 0.3 is 6.18 Å². The number of hydrogen-bond donors (Lipinski definition) is 2. The maximum Gasteiger partial charge on any atom is 0.433 e. The first kappa shape index (κ1) is 15.0. The van der Waals surface area contributed by atoms with Crippen molar-refractivity contribution in [2.24, 2.45) is 0 Å². The van der Waals surface area contributed by atoms with Crippen LogP contribution in [-0.4, -0.2) is 27.7 Å². The Labute approximate surface area is 107 Å². The van der Waals surface area contributed by atoms with Gasteiger partial charge in [-0.15, -0.1) is 0 Å². The Morgan fingerprint density at radius 1 is 1.44 bits per heavy atom. The molecule has 0 aliphatic heterocycles. The molecule has 0 radical (unpaired) electrons. The number of anilines is 1. The first-order valence-electron chi connectivity index (χ1n) is 5.36. The molecule has 8 heteroatoms. The zero-order chi connectivity index (χ0) is 13.8. The van der Waals surface area contributed by atoms with E-state index in [-0.39, 0.29) is 5.82 Å². The summed E-state index contributed by atoms with van der Waals surface area (Å²) in [4.78, 5) is 6.74. The molecule has 0 fully saturated rings. The number of nitrogens with zero attached hydrogens (tertiary/aromatic N) is 2. The molecule has 0 bridgehead atoms. The Morgan fingerprint density at radius 3 is 2.67 bits per heavy atom. The first-order chi connectivity index (χ1) is 8.32. The highest BCUT2D eigenvalue weighted by atomic mass is 35.5. The molecule has 0 amide bonds. The Kier molecular flexibility index (Phi) is 5.15. The maximum atomic E-state index is 12.4. The van der Waals surface area contributed by atoms with Crippen molar-refractivity contribution in [3.8, 4) is 0 Å². The molecule has 18 heavy (non-hydrogen) atoms. The topological polar surface area (TPSA) is 58.0 Å². The molecule has 0 aliphatic carbocycles. The molecule has 1 rings (SSSR count). The van der Waals surface area contributed by atoms with Crippen LogP contribution < -0.4 is 5.32 Å². The zero-order valence-corrected chi connectivity index (χ0v) is 10.4. The molecule has 1 heterocycles. The number of hydrogen-bond acceptors (Lipinski definition) is 4. The van der Waals surface area contributed by atoms with Gasteiger partial charge in [-0.3, -0.25) is 0 Å². The molecular weight excluding hydrogens is 271 g/mol. The largest absolute Gasteiger partial charge is 0.433 e. The molecule has 0 aliphatic rings. The van der Waals surface area contributed by atoms with E-state index in [4.69, 9.17) is 11.6 Å². The SMILES string of the molecule is CCC(O)CCNc1cc(C(F)(F)F)nc(Cl)n1. The molecule has 0 saturated heterocycles. The van der Waals surface area contributed by atoms with Gasteiger partial charge in [-0.2, -0.15) is 13.2 Å². The van der Waals surface area contributed by atoms with E-state index in [1.54, 1.807) is 0 Å². The van der Waals surface area contributed by atoms with Crippen molar-refractivity contribution in [3.05, 3.63) is 17.0 Å². The highest BCUT2D eigenvalue weighted by Crippen LogP contribution is 2.29. The predicted molar refractivity (Wildman–Crippen MR) is 61.4 cm³/mol. The number of alkyl halides is 3. The van der Waals surface area contributed by atoms with Gasteiger partial charge in [0, 0.05) is 12.6 Å². The summed E-state index contributed by atoms with van der Waals surface area (Å²) in [5, 5.41) is 11.5. The standard InChI is InChI=1S/C10H13ClF3N3O/c1-2-6(18)3-4-15-8-5-7(10(12,13)14)16-9(11)17-8/h5-6,18H,2-4H2,1H3,(H,15,16,17). The van der Waals surface area contributed by atoms with Gasteiger partial charge in [0.25, 0.3) is 0 Å². The second-order valence-corrected chi connectivity index (χ2v) is 4.02. The Balaban J connectivity index is 2.69. The van der Waals surface area contributed by atoms with Crippen LogP contribution in [0.4, 0.5) is 19.0 Å². The van der Waals surface area contributed by atoms with E-state index < -0.39 is 23.3 Å². The lowest BCUT2D eigenvalue weighted by Gasteiger charge is -2.11. The van der Waals surface area contributed by atoms with E-state index in [1.165, 1.54) is 0 Å². The lowest BCUT2D eigenvalue weighted by Crippen LogP contribution is -2.15. The summed E-state index contributed by atoms with van der Waals surface area (Å²) < 4.78 is 37.3. The minimum atomic E-state index is -4.56. The van der Waals surface area contributed by atoms with Gasteiger partial charge in [0.1, 0.15) is 5.82 Å². The van der Waals surface area contributed by atoms with Crippen molar-refractivity contribution in [1.29, 1.82) is 0 Å². The third-order valence-electron chi connectivity index (χ3n) is 2.24. The third-order valence-corrected chi connectivity index (χ3v) is 2.41. The van der Waals surface area contributed by atoms with Crippen LogP contribution in [0.2, 0.25) is 5.28 Å². The average Bonchev–Trinajstić information content (AvgIpc) is 2.27. The number of aliphatic hydroxyl groups excluding tert-OH is 1. The number of halogens is 4. The van der Waals surface area contributed by atoms with Gasteiger partial charge in [-0.05, 0) is 24.4 Å². The lowest BCUT2D eigenvalue weighted by atomic mass is 10.2. The van der Waals surface area contributed by atoms with Crippen molar-refractivity contribution in [2.75, 3.05) is 11.9 Å². The van der Waals surface area contributed by atoms with E-state index in [2.05, 4.69) is 15.3 Å². The van der Waals surface area contributed by atoms with Crippen LogP contribution in [0.3, 0.4) is 0 Å². The summed E-state index contributed by atoms with van der Waals surface area (Å²) >= 11 is 5.41. The molecule has 0 aromatic carbocycles. The lowest BCUT2D eigenvalue weighted by molar-refractivity contribution is -0.141. The average molecular weight is 284 g/mol. The van der Waals surface area contributed by atoms with Crippen molar-refractivity contribution < 1.29 is 18.3 Å². The summed E-state index contributed by atoms with van der Waals surface area (Å²) in [6.45, 7) is 2.12. The van der Waals surface area contributed by atoms with Crippen LogP contribution in [0, 0.1) is 0 Å². The summed E-state index contributed by atoms with van der Waals surface area (Å²) in [7, 11) is 0. The fraction of sp³-hybridized carbons (Fsp3) is 0.600. The number of nitrogens with one attached hydrogen (secondary N) is 1. The fourth-order valence-electron chi connectivity index (χ4n) is 1.22. The molecule has 0 saturated carbocycles. The first-order valence-corrected chi connectivity index (χ1v) is 5.74. The molecule has 4 nitrogen and oxygen atoms in total. The van der Waals surface area contributed by atoms with Crippen molar-refractivity contribution in [1.82, 2.24) is 9.97 Å². The Bertz CT molecular complexity index is 400. The highest BCUT2D eigenvalue weighted by Gasteiger charge is 2.33. The molecule has 0 spiro atoms. The van der Waals surface area contributed by atoms with Crippen LogP contribution >= 0.6 is 11.6 Å². The number of aromatic nitrogens is 2. The van der Waals surface area contributed by atoms with Gasteiger partial charge in [0.2, 0.25) is 5.28 Å². The number of rotatable bonds is 5. The molecular formula is C10H13ClF3N3O. The van der Waals surface area contributed by atoms with Crippen LogP contribution in [-0.2, 0) is 6.18 Å². The van der Waals surface area contributed by atoms with E-state index in [0.29, 0.717) is 19.4 Å². The van der Waals surface area contributed by atoms with E-state index in [0.717, 1.165) is 6.07 Å². The monoisotopic (exact) mass is 283 g/mol. The van der Waals surface area contributed by atoms with Crippen molar-refractivity contribution in [2.45, 2.75) is 32.0 Å². The van der Waals surface area contributed by atoms with E-state index >= 15 is 0 Å². The molecule has 1 atom stereocenters. The van der Waals surface area contributed by atoms with Gasteiger partial charge in [-0.1, -0.05) is 6.92 Å². The summed E-state index contributed by atoms with van der Waals surface area (Å²) in [5.74, 6) is -0.00868. The van der Waals surface area contributed by atoms with Crippen LogP contribution in [0.25, 0.3) is 0 Å². The Morgan fingerprint density at radius 2 is 2.11 bits per heavy atom.